The van der Waals surface area contributed by atoms with Gasteiger partial charge in [-0.1, -0.05) is 29.4 Å². The number of carbonyl (C=O) groups is 1. The Balaban J connectivity index is 2.89. The fraction of sp³-hybridized carbons (Fsp3) is 0.111. The smallest absolute Gasteiger partial charge is 0.410 e. The van der Waals surface area contributed by atoms with Crippen LogP contribution in [0, 0.1) is 0 Å². The van der Waals surface area contributed by atoms with Crippen molar-refractivity contribution >= 4 is 11.9 Å². The Bertz CT molecular complexity index is 373. The highest BCUT2D eigenvalue weighted by molar-refractivity contribution is 6.05. The molecule has 0 aliphatic rings. The lowest BCUT2D eigenvalue weighted by Gasteiger charge is -2.04. The Labute approximate surface area is 86.0 Å². The van der Waals surface area contributed by atoms with Gasteiger partial charge in [-0.15, -0.1) is 0 Å². The number of nitrogens with two attached hydrogens (primary N) is 1. The van der Waals surface area contributed by atoms with Crippen LogP contribution < -0.4 is 11.1 Å². The SMILES string of the molecule is NCc1ccc(/C(=N\O)NC(=O)O)cc1. The van der Waals surface area contributed by atoms with E-state index in [2.05, 4.69) is 5.16 Å². The van der Waals surface area contributed by atoms with Crippen molar-refractivity contribution in [2.45, 2.75) is 6.54 Å². The van der Waals surface area contributed by atoms with Crippen LogP contribution in [0.1, 0.15) is 11.1 Å². The number of amidine groups is 1. The zero-order valence-corrected chi connectivity index (χ0v) is 7.84. The van der Waals surface area contributed by atoms with Gasteiger partial charge in [0.2, 0.25) is 0 Å². The van der Waals surface area contributed by atoms with Crippen molar-refractivity contribution < 1.29 is 15.1 Å². The molecule has 1 aromatic rings. The van der Waals surface area contributed by atoms with Crippen LogP contribution in [0.2, 0.25) is 0 Å². The molecule has 0 fully saturated rings. The Kier molecular flexibility index (Phi) is 3.64. The molecular formula is C9H11N3O3. The number of hydrogen-bond acceptors (Lipinski definition) is 4. The van der Waals surface area contributed by atoms with Gasteiger partial charge in [0, 0.05) is 12.1 Å². The lowest BCUT2D eigenvalue weighted by atomic mass is 10.1. The molecule has 0 aliphatic carbocycles. The Morgan fingerprint density at radius 2 is 2.00 bits per heavy atom. The van der Waals surface area contributed by atoms with Gasteiger partial charge in [0.1, 0.15) is 0 Å². The third-order valence-electron chi connectivity index (χ3n) is 1.79. The van der Waals surface area contributed by atoms with Crippen molar-refractivity contribution in [3.63, 3.8) is 0 Å². The monoisotopic (exact) mass is 209 g/mol. The van der Waals surface area contributed by atoms with E-state index in [-0.39, 0.29) is 5.84 Å². The first kappa shape index (κ1) is 11.0. The molecule has 0 saturated carbocycles. The number of oxime groups is 1. The summed E-state index contributed by atoms with van der Waals surface area (Å²) in [5.41, 5.74) is 6.78. The summed E-state index contributed by atoms with van der Waals surface area (Å²) in [6.45, 7) is 0.401. The first-order chi connectivity index (χ1) is 7.17. The van der Waals surface area contributed by atoms with Crippen LogP contribution in [-0.4, -0.2) is 22.2 Å². The number of amides is 1. The van der Waals surface area contributed by atoms with Crippen LogP contribution in [0.4, 0.5) is 4.79 Å². The van der Waals surface area contributed by atoms with E-state index in [1.807, 2.05) is 5.32 Å². The lowest BCUT2D eigenvalue weighted by molar-refractivity contribution is 0.199. The average Bonchev–Trinajstić information content (AvgIpc) is 2.26. The van der Waals surface area contributed by atoms with Gasteiger partial charge >= 0.3 is 6.09 Å². The van der Waals surface area contributed by atoms with Crippen LogP contribution in [0.15, 0.2) is 29.4 Å². The van der Waals surface area contributed by atoms with Crippen molar-refractivity contribution in [1.82, 2.24) is 5.32 Å². The van der Waals surface area contributed by atoms with Crippen LogP contribution >= 0.6 is 0 Å². The third-order valence-corrected chi connectivity index (χ3v) is 1.79. The molecule has 0 aliphatic heterocycles. The molecule has 0 spiro atoms. The van der Waals surface area contributed by atoms with Crippen molar-refractivity contribution in [3.05, 3.63) is 35.4 Å². The Hall–Kier alpha value is -2.08. The second-order valence-electron chi connectivity index (χ2n) is 2.78. The summed E-state index contributed by atoms with van der Waals surface area (Å²) in [6.07, 6.45) is -1.29. The maximum absolute atomic E-state index is 10.3. The molecule has 1 rings (SSSR count). The zero-order valence-electron chi connectivity index (χ0n) is 7.84. The van der Waals surface area contributed by atoms with Crippen LogP contribution in [-0.2, 0) is 6.54 Å². The molecule has 1 aromatic carbocycles. The van der Waals surface area contributed by atoms with E-state index in [1.165, 1.54) is 0 Å². The quantitative estimate of drug-likeness (QED) is 0.247. The predicted molar refractivity (Wildman–Crippen MR) is 53.8 cm³/mol. The zero-order chi connectivity index (χ0) is 11.3. The van der Waals surface area contributed by atoms with Crippen LogP contribution in [0.25, 0.3) is 0 Å². The third kappa shape index (κ3) is 2.96. The summed E-state index contributed by atoms with van der Waals surface area (Å²) in [5.74, 6) is -0.119. The van der Waals surface area contributed by atoms with Crippen molar-refractivity contribution in [1.29, 1.82) is 0 Å². The summed E-state index contributed by atoms with van der Waals surface area (Å²) in [7, 11) is 0. The fourth-order valence-electron chi connectivity index (χ4n) is 1.05. The molecule has 1 amide bonds. The van der Waals surface area contributed by atoms with Crippen molar-refractivity contribution in [3.8, 4) is 0 Å². The van der Waals surface area contributed by atoms with Crippen LogP contribution in [0.3, 0.4) is 0 Å². The highest BCUT2D eigenvalue weighted by Crippen LogP contribution is 2.04. The van der Waals surface area contributed by atoms with Crippen molar-refractivity contribution in [2.24, 2.45) is 10.9 Å². The minimum atomic E-state index is -1.29. The number of nitrogens with one attached hydrogen (secondary N) is 1. The molecule has 80 valence electrons. The number of carboxylic acid groups (broad SMARTS) is 1. The van der Waals surface area contributed by atoms with E-state index >= 15 is 0 Å². The summed E-state index contributed by atoms with van der Waals surface area (Å²) in [6, 6.07) is 6.69. The molecule has 5 N–H and O–H groups in total. The molecule has 0 aromatic heterocycles. The summed E-state index contributed by atoms with van der Waals surface area (Å²) in [5, 5.41) is 21.9. The van der Waals surface area contributed by atoms with E-state index in [4.69, 9.17) is 16.0 Å². The number of nitrogens with zero attached hydrogens (tertiary/aromatic N) is 1. The molecule has 15 heavy (non-hydrogen) atoms. The fourth-order valence-corrected chi connectivity index (χ4v) is 1.05. The molecule has 0 saturated heterocycles. The van der Waals surface area contributed by atoms with Gasteiger partial charge in [0.05, 0.1) is 0 Å². The second kappa shape index (κ2) is 4.97. The van der Waals surface area contributed by atoms with Gasteiger partial charge in [-0.3, -0.25) is 5.32 Å². The van der Waals surface area contributed by atoms with Gasteiger partial charge < -0.3 is 16.0 Å². The first-order valence-corrected chi connectivity index (χ1v) is 4.18. The van der Waals surface area contributed by atoms with E-state index in [9.17, 15) is 4.79 Å². The van der Waals surface area contributed by atoms with Gasteiger partial charge in [0.15, 0.2) is 5.84 Å². The van der Waals surface area contributed by atoms with Gasteiger partial charge in [-0.2, -0.15) is 0 Å². The highest BCUT2D eigenvalue weighted by atomic mass is 16.4. The van der Waals surface area contributed by atoms with E-state index in [1.54, 1.807) is 24.3 Å². The molecule has 0 heterocycles. The molecule has 0 atom stereocenters. The molecule has 6 nitrogen and oxygen atoms in total. The van der Waals surface area contributed by atoms with Gasteiger partial charge in [-0.05, 0) is 5.56 Å². The largest absolute Gasteiger partial charge is 0.465 e. The number of hydrogen-bond donors (Lipinski definition) is 4. The lowest BCUT2D eigenvalue weighted by Crippen LogP contribution is -2.29. The van der Waals surface area contributed by atoms with E-state index in [0.29, 0.717) is 12.1 Å². The number of benzene rings is 1. The molecule has 0 bridgehead atoms. The van der Waals surface area contributed by atoms with E-state index < -0.39 is 6.09 Å². The molecule has 0 radical (unpaired) electrons. The summed E-state index contributed by atoms with van der Waals surface area (Å²) >= 11 is 0. The minimum Gasteiger partial charge on any atom is -0.465 e. The van der Waals surface area contributed by atoms with Crippen LogP contribution in [0.5, 0.6) is 0 Å². The standard InChI is InChI=1S/C9H11N3O3/c10-5-6-1-3-7(4-2-6)8(12-15)11-9(13)14/h1-4,15H,5,10H2,(H,11,12)(H,13,14). The van der Waals surface area contributed by atoms with Gasteiger partial charge in [-0.25, -0.2) is 4.79 Å². The summed E-state index contributed by atoms with van der Waals surface area (Å²) < 4.78 is 0. The predicted octanol–water partition coefficient (Wildman–Crippen LogP) is 0.549. The highest BCUT2D eigenvalue weighted by Gasteiger charge is 2.06. The van der Waals surface area contributed by atoms with Crippen molar-refractivity contribution in [2.75, 3.05) is 0 Å². The normalized spacial score (nSPS) is 11.1. The maximum atomic E-state index is 10.3. The minimum absolute atomic E-state index is 0.119. The number of rotatable bonds is 2. The Morgan fingerprint density at radius 1 is 1.40 bits per heavy atom. The summed E-state index contributed by atoms with van der Waals surface area (Å²) in [4.78, 5) is 10.3. The van der Waals surface area contributed by atoms with E-state index in [0.717, 1.165) is 5.56 Å². The second-order valence-corrected chi connectivity index (χ2v) is 2.78. The molecular weight excluding hydrogens is 198 g/mol. The maximum Gasteiger partial charge on any atom is 0.410 e. The topological polar surface area (TPSA) is 108 Å². The Morgan fingerprint density at radius 3 is 2.40 bits per heavy atom. The first-order valence-electron chi connectivity index (χ1n) is 4.18. The molecule has 0 unspecified atom stereocenters. The average molecular weight is 209 g/mol. The molecule has 6 heteroatoms. The van der Waals surface area contributed by atoms with Gasteiger partial charge in [0.25, 0.3) is 0 Å².